The van der Waals surface area contributed by atoms with E-state index in [0.717, 1.165) is 19.3 Å². The maximum atomic E-state index is 12.8. The van der Waals surface area contributed by atoms with Gasteiger partial charge in [0.25, 0.3) is 0 Å². The van der Waals surface area contributed by atoms with Crippen LogP contribution >= 0.6 is 31.9 Å². The summed E-state index contributed by atoms with van der Waals surface area (Å²) in [7, 11) is 0. The number of fused-ring (bicyclic) bond motifs is 1. The Kier molecular flexibility index (Phi) is 7.91. The number of rotatable bonds is 8. The van der Waals surface area contributed by atoms with Gasteiger partial charge in [0.2, 0.25) is 11.8 Å². The highest BCUT2D eigenvalue weighted by molar-refractivity contribution is 9.12. The zero-order valence-electron chi connectivity index (χ0n) is 16.6. The number of carbonyl (C=O) groups excluding carboxylic acids is 3. The molecule has 3 rings (SSSR count). The lowest BCUT2D eigenvalue weighted by Crippen LogP contribution is -2.34. The van der Waals surface area contributed by atoms with E-state index in [1.807, 2.05) is 0 Å². The smallest absolute Gasteiger partial charge is 0.338 e. The molecule has 0 radical (unpaired) electrons. The standard InChI is InChI=1S/C22H27Br2NO4/c1-2-3-4-5-6-11-29-22(28)14-7-9-15(10-8-14)25-20(26)16-12-18(23)19(24)13-17(16)21(25)27/h7-10,16-19H,2-6,11-13H2,1H3/t16-,17+,18-,19-/m1/s1. The molecule has 1 aliphatic heterocycles. The van der Waals surface area contributed by atoms with Crippen LogP contribution in [0.1, 0.15) is 62.2 Å². The summed E-state index contributed by atoms with van der Waals surface area (Å²) in [4.78, 5) is 39.5. The zero-order valence-corrected chi connectivity index (χ0v) is 19.8. The average Bonchev–Trinajstić information content (AvgIpc) is 2.95. The van der Waals surface area contributed by atoms with Gasteiger partial charge in [0, 0.05) is 9.65 Å². The molecule has 4 atom stereocenters. The van der Waals surface area contributed by atoms with Crippen LogP contribution < -0.4 is 4.90 Å². The van der Waals surface area contributed by atoms with Gasteiger partial charge in [-0.05, 0) is 43.5 Å². The van der Waals surface area contributed by atoms with Crippen LogP contribution in [0.2, 0.25) is 0 Å². The zero-order chi connectivity index (χ0) is 21.0. The first-order chi connectivity index (χ1) is 13.9. The number of ether oxygens (including phenoxy) is 1. The van der Waals surface area contributed by atoms with Gasteiger partial charge >= 0.3 is 5.97 Å². The molecule has 1 heterocycles. The molecule has 1 aromatic carbocycles. The molecule has 0 N–H and O–H groups in total. The Morgan fingerprint density at radius 2 is 1.52 bits per heavy atom. The topological polar surface area (TPSA) is 63.7 Å². The second-order valence-corrected chi connectivity index (χ2v) is 10.2. The highest BCUT2D eigenvalue weighted by Crippen LogP contribution is 2.44. The van der Waals surface area contributed by atoms with Crippen LogP contribution in [0.25, 0.3) is 0 Å². The van der Waals surface area contributed by atoms with Crippen molar-refractivity contribution in [1.29, 1.82) is 0 Å². The molecule has 2 aliphatic rings. The largest absolute Gasteiger partial charge is 0.462 e. The Balaban J connectivity index is 1.59. The van der Waals surface area contributed by atoms with Gasteiger partial charge in [-0.2, -0.15) is 0 Å². The predicted octanol–water partition coefficient (Wildman–Crippen LogP) is 5.24. The van der Waals surface area contributed by atoms with Crippen LogP contribution in [0.3, 0.4) is 0 Å². The maximum absolute atomic E-state index is 12.8. The van der Waals surface area contributed by atoms with E-state index in [0.29, 0.717) is 30.7 Å². The number of nitrogens with zero attached hydrogens (tertiary/aromatic N) is 1. The molecule has 0 aromatic heterocycles. The number of esters is 1. The van der Waals surface area contributed by atoms with Gasteiger partial charge in [-0.15, -0.1) is 0 Å². The average molecular weight is 529 g/mol. The van der Waals surface area contributed by atoms with E-state index in [9.17, 15) is 14.4 Å². The van der Waals surface area contributed by atoms with Crippen molar-refractivity contribution >= 4 is 55.3 Å². The molecule has 0 spiro atoms. The maximum Gasteiger partial charge on any atom is 0.338 e. The summed E-state index contributed by atoms with van der Waals surface area (Å²) in [6, 6.07) is 6.56. The molecule has 29 heavy (non-hydrogen) atoms. The van der Waals surface area contributed by atoms with Crippen LogP contribution in [-0.2, 0) is 14.3 Å². The fourth-order valence-corrected chi connectivity index (χ4v) is 5.29. The first kappa shape index (κ1) is 22.5. The minimum absolute atomic E-state index is 0.147. The number of alkyl halides is 2. The van der Waals surface area contributed by atoms with E-state index in [4.69, 9.17) is 4.74 Å². The van der Waals surface area contributed by atoms with Gasteiger partial charge in [0.05, 0.1) is 29.7 Å². The van der Waals surface area contributed by atoms with Gasteiger partial charge < -0.3 is 4.74 Å². The molecule has 2 fully saturated rings. The number of amides is 2. The number of unbranched alkanes of at least 4 members (excludes halogenated alkanes) is 4. The van der Waals surface area contributed by atoms with Gasteiger partial charge in [0.15, 0.2) is 0 Å². The molecular weight excluding hydrogens is 502 g/mol. The van der Waals surface area contributed by atoms with Crippen molar-refractivity contribution in [2.45, 2.75) is 61.5 Å². The lowest BCUT2D eigenvalue weighted by Gasteiger charge is -2.29. The van der Waals surface area contributed by atoms with Gasteiger partial charge in [-0.1, -0.05) is 64.5 Å². The highest BCUT2D eigenvalue weighted by Gasteiger charge is 2.52. The molecule has 2 amide bonds. The molecule has 1 aromatic rings. The lowest BCUT2D eigenvalue weighted by atomic mass is 9.81. The van der Waals surface area contributed by atoms with Crippen LogP contribution in [0.4, 0.5) is 5.69 Å². The quantitative estimate of drug-likeness (QED) is 0.200. The van der Waals surface area contributed by atoms with Crippen molar-refractivity contribution in [2.24, 2.45) is 11.8 Å². The molecule has 0 unspecified atom stereocenters. The Bertz CT molecular complexity index is 724. The summed E-state index contributed by atoms with van der Waals surface area (Å²) >= 11 is 7.19. The summed E-state index contributed by atoms with van der Waals surface area (Å²) in [5.74, 6) is -1.22. The Labute approximate surface area is 188 Å². The van der Waals surface area contributed by atoms with E-state index in [2.05, 4.69) is 38.8 Å². The Hall–Kier alpha value is -1.21. The van der Waals surface area contributed by atoms with Crippen molar-refractivity contribution in [3.8, 4) is 0 Å². The number of hydrogen-bond acceptors (Lipinski definition) is 4. The van der Waals surface area contributed by atoms with E-state index >= 15 is 0 Å². The monoisotopic (exact) mass is 527 g/mol. The highest BCUT2D eigenvalue weighted by atomic mass is 79.9. The van der Waals surface area contributed by atoms with Gasteiger partial charge in [-0.3, -0.25) is 14.5 Å². The Morgan fingerprint density at radius 3 is 2.07 bits per heavy atom. The third-order valence-corrected chi connectivity index (χ3v) is 8.49. The molecule has 158 valence electrons. The van der Waals surface area contributed by atoms with Crippen molar-refractivity contribution in [3.63, 3.8) is 0 Å². The SMILES string of the molecule is CCCCCCCOC(=O)c1ccc(N2C(=O)[C@H]3C[C@@H](Br)[C@H](Br)C[C@H]3C2=O)cc1. The summed E-state index contributed by atoms with van der Waals surface area (Å²) in [6.45, 7) is 2.58. The van der Waals surface area contributed by atoms with Gasteiger partial charge in [0.1, 0.15) is 0 Å². The number of benzene rings is 1. The molecule has 7 heteroatoms. The number of carbonyl (C=O) groups is 3. The summed E-state index contributed by atoms with van der Waals surface area (Å²) in [5, 5.41) is 0. The minimum Gasteiger partial charge on any atom is -0.462 e. The fourth-order valence-electron chi connectivity index (χ4n) is 4.05. The molecule has 0 bridgehead atoms. The van der Waals surface area contributed by atoms with Crippen LogP contribution in [0.5, 0.6) is 0 Å². The third kappa shape index (κ3) is 5.10. The molecule has 1 saturated heterocycles. The van der Waals surface area contributed by atoms with Crippen molar-refractivity contribution in [2.75, 3.05) is 11.5 Å². The molecule has 1 aliphatic carbocycles. The minimum atomic E-state index is -0.371. The van der Waals surface area contributed by atoms with E-state index < -0.39 is 0 Å². The van der Waals surface area contributed by atoms with Crippen LogP contribution in [0.15, 0.2) is 24.3 Å². The van der Waals surface area contributed by atoms with Crippen molar-refractivity contribution in [3.05, 3.63) is 29.8 Å². The van der Waals surface area contributed by atoms with Crippen LogP contribution in [-0.4, -0.2) is 34.0 Å². The van der Waals surface area contributed by atoms with Gasteiger partial charge in [-0.25, -0.2) is 4.79 Å². The third-order valence-electron chi connectivity index (χ3n) is 5.75. The number of hydrogen-bond donors (Lipinski definition) is 0. The predicted molar refractivity (Wildman–Crippen MR) is 120 cm³/mol. The molecule has 1 saturated carbocycles. The summed E-state index contributed by atoms with van der Waals surface area (Å²) < 4.78 is 5.32. The lowest BCUT2D eigenvalue weighted by molar-refractivity contribution is -0.122. The second kappa shape index (κ2) is 10.2. The van der Waals surface area contributed by atoms with Crippen molar-refractivity contribution < 1.29 is 19.1 Å². The van der Waals surface area contributed by atoms with E-state index in [1.165, 1.54) is 17.7 Å². The number of anilines is 1. The van der Waals surface area contributed by atoms with Crippen molar-refractivity contribution in [1.82, 2.24) is 0 Å². The summed E-state index contributed by atoms with van der Waals surface area (Å²) in [6.07, 6.45) is 6.77. The first-order valence-electron chi connectivity index (χ1n) is 10.4. The fraction of sp³-hybridized carbons (Fsp3) is 0.591. The van der Waals surface area contributed by atoms with E-state index in [-0.39, 0.29) is 39.3 Å². The Morgan fingerprint density at radius 1 is 0.966 bits per heavy atom. The number of halogens is 2. The molecular formula is C22H27Br2NO4. The first-order valence-corrected chi connectivity index (χ1v) is 12.2. The van der Waals surface area contributed by atoms with E-state index in [1.54, 1.807) is 24.3 Å². The summed E-state index contributed by atoms with van der Waals surface area (Å²) in [5.41, 5.74) is 0.947. The molecule has 5 nitrogen and oxygen atoms in total. The van der Waals surface area contributed by atoms with Crippen LogP contribution in [0, 0.1) is 11.8 Å². The number of imide groups is 1. The normalized spacial score (nSPS) is 26.5. The second-order valence-electron chi connectivity index (χ2n) is 7.83.